The van der Waals surface area contributed by atoms with E-state index in [0.717, 1.165) is 41.6 Å². The summed E-state index contributed by atoms with van der Waals surface area (Å²) in [6.07, 6.45) is 3.28. The molecule has 0 atom stereocenters. The van der Waals surface area contributed by atoms with Crippen LogP contribution in [0.5, 0.6) is 5.75 Å². The van der Waals surface area contributed by atoms with Gasteiger partial charge < -0.3 is 14.6 Å². The molecule has 0 saturated carbocycles. The molecular weight excluding hydrogens is 351 g/mol. The van der Waals surface area contributed by atoms with Gasteiger partial charge in [0.1, 0.15) is 12.4 Å². The maximum absolute atomic E-state index is 14.6. The molecule has 1 aromatic heterocycles. The molecule has 136 valence electrons. The zero-order valence-corrected chi connectivity index (χ0v) is 15.3. The number of halogens is 2. The highest BCUT2D eigenvalue weighted by Crippen LogP contribution is 2.36. The first-order valence-corrected chi connectivity index (χ1v) is 9.04. The second-order valence-corrected chi connectivity index (χ2v) is 7.15. The van der Waals surface area contributed by atoms with Crippen molar-refractivity contribution in [1.29, 1.82) is 0 Å². The van der Waals surface area contributed by atoms with E-state index in [1.807, 2.05) is 30.3 Å². The van der Waals surface area contributed by atoms with Crippen LogP contribution in [0.2, 0.25) is 0 Å². The first-order chi connectivity index (χ1) is 12.3. The van der Waals surface area contributed by atoms with Crippen molar-refractivity contribution in [3.8, 4) is 5.75 Å². The third-order valence-electron chi connectivity index (χ3n) is 5.63. The van der Waals surface area contributed by atoms with Gasteiger partial charge in [-0.05, 0) is 43.4 Å². The molecule has 0 unspecified atom stereocenters. The topological polar surface area (TPSA) is 28.3 Å². The van der Waals surface area contributed by atoms with Gasteiger partial charge in [0.25, 0.3) is 0 Å². The van der Waals surface area contributed by atoms with Crippen LogP contribution in [-0.4, -0.2) is 29.6 Å². The molecule has 1 N–H and O–H groups in total. The van der Waals surface area contributed by atoms with Crippen molar-refractivity contribution < 1.29 is 9.13 Å². The Kier molecular flexibility index (Phi) is 4.53. The number of aromatic amines is 1. The SMILES string of the molecule is Cl.FC(COc1ccc2c(c1)[nH]c1ccccc12)=C1CC2CCN1CC2. The zero-order chi connectivity index (χ0) is 16.8. The minimum absolute atomic E-state index is 0. The number of para-hydroxylation sites is 1. The van der Waals surface area contributed by atoms with Crippen LogP contribution < -0.4 is 4.74 Å². The Hall–Kier alpha value is -2.20. The van der Waals surface area contributed by atoms with Gasteiger partial charge in [-0.2, -0.15) is 0 Å². The van der Waals surface area contributed by atoms with Gasteiger partial charge >= 0.3 is 0 Å². The fourth-order valence-corrected chi connectivity index (χ4v) is 4.25. The summed E-state index contributed by atoms with van der Waals surface area (Å²) in [7, 11) is 0. The van der Waals surface area contributed by atoms with E-state index in [1.165, 1.54) is 18.2 Å². The van der Waals surface area contributed by atoms with Gasteiger partial charge in [0.2, 0.25) is 0 Å². The summed E-state index contributed by atoms with van der Waals surface area (Å²) in [6.45, 7) is 2.01. The summed E-state index contributed by atoms with van der Waals surface area (Å²) in [4.78, 5) is 5.59. The normalized spacial score (nSPS) is 19.0. The van der Waals surface area contributed by atoms with Gasteiger partial charge in [0.05, 0.1) is 5.52 Å². The Morgan fingerprint density at radius 1 is 1.08 bits per heavy atom. The third-order valence-corrected chi connectivity index (χ3v) is 5.63. The quantitative estimate of drug-likeness (QED) is 0.665. The molecule has 0 aliphatic carbocycles. The summed E-state index contributed by atoms with van der Waals surface area (Å²) in [5.74, 6) is 1.25. The first-order valence-electron chi connectivity index (χ1n) is 9.04. The lowest BCUT2D eigenvalue weighted by Gasteiger charge is -2.42. The molecule has 3 aliphatic rings. The third kappa shape index (κ3) is 2.92. The van der Waals surface area contributed by atoms with Crippen molar-refractivity contribution in [1.82, 2.24) is 9.88 Å². The molecule has 6 rings (SSSR count). The number of nitrogens with zero attached hydrogens (tertiary/aromatic N) is 1. The zero-order valence-electron chi connectivity index (χ0n) is 14.5. The molecule has 0 amide bonds. The second kappa shape index (κ2) is 6.84. The minimum atomic E-state index is -0.110. The fourth-order valence-electron chi connectivity index (χ4n) is 4.25. The van der Waals surface area contributed by atoms with Crippen LogP contribution >= 0.6 is 12.4 Å². The predicted molar refractivity (Wildman–Crippen MR) is 106 cm³/mol. The van der Waals surface area contributed by atoms with Crippen LogP contribution in [0.1, 0.15) is 19.3 Å². The standard InChI is InChI=1S/C21H21FN2O.ClH/c22-18(21-11-14-7-9-24(21)10-8-14)13-25-15-5-6-17-16-3-1-2-4-19(16)23-20(17)12-15;/h1-6,12,14,23H,7-11,13H2;1H. The molecule has 2 bridgehead atoms. The number of nitrogens with one attached hydrogen (secondary N) is 1. The highest BCUT2D eigenvalue weighted by molar-refractivity contribution is 6.07. The molecule has 3 aromatic rings. The lowest BCUT2D eigenvalue weighted by Crippen LogP contribution is -2.40. The summed E-state index contributed by atoms with van der Waals surface area (Å²) in [6, 6.07) is 14.1. The maximum atomic E-state index is 14.6. The van der Waals surface area contributed by atoms with Crippen LogP contribution in [0.25, 0.3) is 21.8 Å². The molecule has 3 fully saturated rings. The molecular formula is C21H22ClFN2O. The van der Waals surface area contributed by atoms with Crippen molar-refractivity contribution in [2.45, 2.75) is 19.3 Å². The number of H-pyrrole nitrogens is 1. The highest BCUT2D eigenvalue weighted by Gasteiger charge is 2.31. The Morgan fingerprint density at radius 3 is 2.62 bits per heavy atom. The number of fused-ring (bicyclic) bond motifs is 6. The van der Waals surface area contributed by atoms with Crippen LogP contribution in [0.15, 0.2) is 54.0 Å². The number of ether oxygens (including phenoxy) is 1. The maximum Gasteiger partial charge on any atom is 0.156 e. The molecule has 3 nitrogen and oxygen atoms in total. The van der Waals surface area contributed by atoms with Crippen LogP contribution in [0.4, 0.5) is 4.39 Å². The number of hydrogen-bond acceptors (Lipinski definition) is 2. The van der Waals surface area contributed by atoms with E-state index in [9.17, 15) is 4.39 Å². The Bertz CT molecular complexity index is 972. The van der Waals surface area contributed by atoms with Gasteiger partial charge in [-0.1, -0.05) is 18.2 Å². The average Bonchev–Trinajstić information content (AvgIpc) is 3.04. The highest BCUT2D eigenvalue weighted by atomic mass is 35.5. The van der Waals surface area contributed by atoms with Crippen LogP contribution in [0, 0.1) is 5.92 Å². The minimum Gasteiger partial charge on any atom is -0.486 e. The molecule has 0 spiro atoms. The summed E-state index contributed by atoms with van der Waals surface area (Å²) < 4.78 is 20.4. The lowest BCUT2D eigenvalue weighted by molar-refractivity contribution is 0.149. The number of aromatic nitrogens is 1. The summed E-state index contributed by atoms with van der Waals surface area (Å²) >= 11 is 0. The smallest absolute Gasteiger partial charge is 0.156 e. The van der Waals surface area contributed by atoms with E-state index in [4.69, 9.17) is 4.74 Å². The molecule has 5 heteroatoms. The molecule has 0 radical (unpaired) electrons. The van der Waals surface area contributed by atoms with Crippen LogP contribution in [0.3, 0.4) is 0 Å². The number of allylic oxidation sites excluding steroid dienone is 1. The van der Waals surface area contributed by atoms with E-state index in [-0.39, 0.29) is 24.8 Å². The molecule has 2 aromatic carbocycles. The first kappa shape index (κ1) is 17.2. The molecule has 3 saturated heterocycles. The number of rotatable bonds is 3. The number of benzene rings is 2. The van der Waals surface area contributed by atoms with Crippen molar-refractivity contribution in [3.63, 3.8) is 0 Å². The molecule has 26 heavy (non-hydrogen) atoms. The van der Waals surface area contributed by atoms with E-state index >= 15 is 0 Å². The Morgan fingerprint density at radius 2 is 1.85 bits per heavy atom. The van der Waals surface area contributed by atoms with E-state index in [0.29, 0.717) is 11.7 Å². The van der Waals surface area contributed by atoms with E-state index in [2.05, 4.69) is 22.0 Å². The predicted octanol–water partition coefficient (Wildman–Crippen LogP) is 5.42. The van der Waals surface area contributed by atoms with Crippen molar-refractivity contribution in [3.05, 3.63) is 54.0 Å². The van der Waals surface area contributed by atoms with Crippen LogP contribution in [-0.2, 0) is 0 Å². The van der Waals surface area contributed by atoms with Crippen molar-refractivity contribution in [2.75, 3.05) is 19.7 Å². The van der Waals surface area contributed by atoms with Gasteiger partial charge in [-0.15, -0.1) is 12.4 Å². The second-order valence-electron chi connectivity index (χ2n) is 7.15. The van der Waals surface area contributed by atoms with E-state index < -0.39 is 0 Å². The monoisotopic (exact) mass is 372 g/mol. The van der Waals surface area contributed by atoms with Crippen molar-refractivity contribution in [2.24, 2.45) is 5.92 Å². The molecule has 3 aliphatic heterocycles. The fraction of sp³-hybridized carbons (Fsp3) is 0.333. The molecule has 4 heterocycles. The largest absolute Gasteiger partial charge is 0.486 e. The van der Waals surface area contributed by atoms with E-state index in [1.54, 1.807) is 0 Å². The Labute approximate surface area is 158 Å². The lowest BCUT2D eigenvalue weighted by atomic mass is 9.86. The van der Waals surface area contributed by atoms with Gasteiger partial charge in [0, 0.05) is 41.1 Å². The summed E-state index contributed by atoms with van der Waals surface area (Å²) in [5.41, 5.74) is 3.00. The average molecular weight is 373 g/mol. The van der Waals surface area contributed by atoms with Crippen molar-refractivity contribution >= 4 is 34.2 Å². The summed E-state index contributed by atoms with van der Waals surface area (Å²) in [5, 5.41) is 2.36. The number of piperidine rings is 3. The van der Waals surface area contributed by atoms with Gasteiger partial charge in [0.15, 0.2) is 5.83 Å². The van der Waals surface area contributed by atoms with Gasteiger partial charge in [-0.25, -0.2) is 4.39 Å². The van der Waals surface area contributed by atoms with Gasteiger partial charge in [-0.3, -0.25) is 0 Å². The Balaban J connectivity index is 0.00000168. The number of hydrogen-bond donors (Lipinski definition) is 1.